The van der Waals surface area contributed by atoms with Gasteiger partial charge in [0.2, 0.25) is 0 Å². The summed E-state index contributed by atoms with van der Waals surface area (Å²) in [7, 11) is 0. The highest BCUT2D eigenvalue weighted by Gasteiger charge is 2.23. The molecule has 0 aromatic heterocycles. The first kappa shape index (κ1) is 14.3. The van der Waals surface area contributed by atoms with E-state index in [0.29, 0.717) is 6.04 Å². The predicted octanol–water partition coefficient (Wildman–Crippen LogP) is 3.75. The van der Waals surface area contributed by atoms with Crippen molar-refractivity contribution in [3.63, 3.8) is 0 Å². The number of ether oxygens (including phenoxy) is 1. The average molecular weight is 253 g/mol. The fourth-order valence-electron chi connectivity index (χ4n) is 3.70. The molecule has 2 aliphatic carbocycles. The van der Waals surface area contributed by atoms with Crippen LogP contribution in [0.1, 0.15) is 64.7 Å². The van der Waals surface area contributed by atoms with Gasteiger partial charge < -0.3 is 10.1 Å². The first-order valence-corrected chi connectivity index (χ1v) is 8.21. The molecule has 1 atom stereocenters. The smallest absolute Gasteiger partial charge is 0.0622 e. The van der Waals surface area contributed by atoms with Crippen LogP contribution in [0, 0.1) is 11.8 Å². The lowest BCUT2D eigenvalue weighted by Gasteiger charge is -2.31. The molecule has 0 bridgehead atoms. The fourth-order valence-corrected chi connectivity index (χ4v) is 3.70. The van der Waals surface area contributed by atoms with Crippen LogP contribution in [0.5, 0.6) is 0 Å². The van der Waals surface area contributed by atoms with Crippen LogP contribution < -0.4 is 5.32 Å². The SMILES string of the molecule is CCNC(COCC1CCCC1)C1CCCCC1. The van der Waals surface area contributed by atoms with Gasteiger partial charge in [0.25, 0.3) is 0 Å². The molecule has 2 rings (SSSR count). The summed E-state index contributed by atoms with van der Waals surface area (Å²) in [5.41, 5.74) is 0. The first-order chi connectivity index (χ1) is 8.90. The second kappa shape index (κ2) is 8.16. The van der Waals surface area contributed by atoms with Gasteiger partial charge >= 0.3 is 0 Å². The zero-order valence-electron chi connectivity index (χ0n) is 12.1. The van der Waals surface area contributed by atoms with E-state index in [2.05, 4.69) is 12.2 Å². The molecule has 2 saturated carbocycles. The molecule has 0 radical (unpaired) electrons. The van der Waals surface area contributed by atoms with E-state index in [1.165, 1.54) is 57.8 Å². The molecule has 106 valence electrons. The third-order valence-electron chi connectivity index (χ3n) is 4.81. The average Bonchev–Trinajstić information content (AvgIpc) is 2.92. The molecule has 1 unspecified atom stereocenters. The van der Waals surface area contributed by atoms with Crippen LogP contribution in [0.15, 0.2) is 0 Å². The van der Waals surface area contributed by atoms with Crippen molar-refractivity contribution in [2.45, 2.75) is 70.8 Å². The summed E-state index contributed by atoms with van der Waals surface area (Å²) in [4.78, 5) is 0. The summed E-state index contributed by atoms with van der Waals surface area (Å²) in [6, 6.07) is 0.608. The first-order valence-electron chi connectivity index (χ1n) is 8.21. The van der Waals surface area contributed by atoms with E-state index >= 15 is 0 Å². The molecule has 2 nitrogen and oxygen atoms in total. The lowest BCUT2D eigenvalue weighted by molar-refractivity contribution is 0.0627. The number of hydrogen-bond donors (Lipinski definition) is 1. The van der Waals surface area contributed by atoms with Crippen LogP contribution >= 0.6 is 0 Å². The van der Waals surface area contributed by atoms with Gasteiger partial charge in [-0.3, -0.25) is 0 Å². The zero-order chi connectivity index (χ0) is 12.6. The number of nitrogens with one attached hydrogen (secondary N) is 1. The summed E-state index contributed by atoms with van der Waals surface area (Å²) >= 11 is 0. The lowest BCUT2D eigenvalue weighted by atomic mass is 9.84. The van der Waals surface area contributed by atoms with Gasteiger partial charge in [0.1, 0.15) is 0 Å². The Labute approximate surface area is 113 Å². The maximum atomic E-state index is 6.02. The van der Waals surface area contributed by atoms with Crippen molar-refractivity contribution in [2.24, 2.45) is 11.8 Å². The summed E-state index contributed by atoms with van der Waals surface area (Å²) in [5, 5.41) is 3.65. The number of likely N-dealkylation sites (N-methyl/N-ethyl adjacent to an activating group) is 1. The van der Waals surface area contributed by atoms with Crippen molar-refractivity contribution in [3.8, 4) is 0 Å². The van der Waals surface area contributed by atoms with Gasteiger partial charge in [0.15, 0.2) is 0 Å². The molecule has 0 amide bonds. The van der Waals surface area contributed by atoms with E-state index in [0.717, 1.165) is 31.6 Å². The Hall–Kier alpha value is -0.0800. The molecule has 2 aliphatic rings. The number of rotatable bonds is 7. The Bertz CT molecular complexity index is 207. The molecule has 18 heavy (non-hydrogen) atoms. The predicted molar refractivity (Wildman–Crippen MR) is 76.8 cm³/mol. The third kappa shape index (κ3) is 4.55. The van der Waals surface area contributed by atoms with Crippen molar-refractivity contribution in [1.82, 2.24) is 5.32 Å². The molecule has 0 aliphatic heterocycles. The second-order valence-electron chi connectivity index (χ2n) is 6.25. The molecule has 0 saturated heterocycles. The zero-order valence-corrected chi connectivity index (χ0v) is 12.1. The normalized spacial score (nSPS) is 24.5. The van der Waals surface area contributed by atoms with E-state index in [4.69, 9.17) is 4.74 Å². The molecular weight excluding hydrogens is 222 g/mol. The van der Waals surface area contributed by atoms with Gasteiger partial charge in [-0.2, -0.15) is 0 Å². The highest BCUT2D eigenvalue weighted by Crippen LogP contribution is 2.28. The lowest BCUT2D eigenvalue weighted by Crippen LogP contribution is -2.41. The van der Waals surface area contributed by atoms with Gasteiger partial charge in [-0.05, 0) is 44.1 Å². The Kier molecular flexibility index (Phi) is 6.50. The van der Waals surface area contributed by atoms with Gasteiger partial charge in [-0.15, -0.1) is 0 Å². The summed E-state index contributed by atoms with van der Waals surface area (Å²) in [6.45, 7) is 5.24. The molecular formula is C16H31NO. The molecule has 1 N–H and O–H groups in total. The molecule has 0 spiro atoms. The minimum atomic E-state index is 0.608. The van der Waals surface area contributed by atoms with Gasteiger partial charge in [0, 0.05) is 12.6 Å². The van der Waals surface area contributed by atoms with Gasteiger partial charge in [-0.25, -0.2) is 0 Å². The number of hydrogen-bond acceptors (Lipinski definition) is 2. The molecule has 0 heterocycles. The standard InChI is InChI=1S/C16H31NO/c1-2-17-16(15-10-4-3-5-11-15)13-18-12-14-8-6-7-9-14/h14-17H,2-13H2,1H3. The van der Waals surface area contributed by atoms with Crippen LogP contribution in [0.4, 0.5) is 0 Å². The van der Waals surface area contributed by atoms with Gasteiger partial charge in [0.05, 0.1) is 6.61 Å². The van der Waals surface area contributed by atoms with E-state index in [9.17, 15) is 0 Å². The van der Waals surface area contributed by atoms with E-state index < -0.39 is 0 Å². The molecule has 0 aromatic carbocycles. The fraction of sp³-hybridized carbons (Fsp3) is 1.00. The highest BCUT2D eigenvalue weighted by atomic mass is 16.5. The van der Waals surface area contributed by atoms with E-state index in [1.54, 1.807) is 0 Å². The summed E-state index contributed by atoms with van der Waals surface area (Å²) in [5.74, 6) is 1.72. The minimum Gasteiger partial charge on any atom is -0.380 e. The maximum Gasteiger partial charge on any atom is 0.0622 e. The Morgan fingerprint density at radius 2 is 1.67 bits per heavy atom. The molecule has 0 aromatic rings. The quantitative estimate of drug-likeness (QED) is 0.746. The van der Waals surface area contributed by atoms with Crippen molar-refractivity contribution in [1.29, 1.82) is 0 Å². The van der Waals surface area contributed by atoms with Crippen LogP contribution in [-0.4, -0.2) is 25.8 Å². The summed E-state index contributed by atoms with van der Waals surface area (Å²) < 4.78 is 6.02. The monoisotopic (exact) mass is 253 g/mol. The summed E-state index contributed by atoms with van der Waals surface area (Å²) in [6.07, 6.45) is 12.8. The Balaban J connectivity index is 1.67. The van der Waals surface area contributed by atoms with Crippen LogP contribution in [-0.2, 0) is 4.74 Å². The van der Waals surface area contributed by atoms with Crippen molar-refractivity contribution >= 4 is 0 Å². The van der Waals surface area contributed by atoms with E-state index in [1.807, 2.05) is 0 Å². The van der Waals surface area contributed by atoms with Crippen molar-refractivity contribution in [2.75, 3.05) is 19.8 Å². The van der Waals surface area contributed by atoms with Gasteiger partial charge in [-0.1, -0.05) is 39.0 Å². The van der Waals surface area contributed by atoms with Crippen molar-refractivity contribution in [3.05, 3.63) is 0 Å². The second-order valence-corrected chi connectivity index (χ2v) is 6.25. The molecule has 2 fully saturated rings. The molecule has 2 heteroatoms. The minimum absolute atomic E-state index is 0.608. The van der Waals surface area contributed by atoms with Crippen LogP contribution in [0.3, 0.4) is 0 Å². The van der Waals surface area contributed by atoms with Crippen molar-refractivity contribution < 1.29 is 4.74 Å². The Morgan fingerprint density at radius 3 is 2.33 bits per heavy atom. The topological polar surface area (TPSA) is 21.3 Å². The Morgan fingerprint density at radius 1 is 1.00 bits per heavy atom. The largest absolute Gasteiger partial charge is 0.380 e. The maximum absolute atomic E-state index is 6.02. The highest BCUT2D eigenvalue weighted by molar-refractivity contribution is 4.79. The van der Waals surface area contributed by atoms with E-state index in [-0.39, 0.29) is 0 Å². The third-order valence-corrected chi connectivity index (χ3v) is 4.81. The van der Waals surface area contributed by atoms with Crippen LogP contribution in [0.25, 0.3) is 0 Å². The van der Waals surface area contributed by atoms with Crippen LogP contribution in [0.2, 0.25) is 0 Å².